The third-order valence-corrected chi connectivity index (χ3v) is 14.2. The van der Waals surface area contributed by atoms with Crippen molar-refractivity contribution >= 4 is 11.9 Å². The van der Waals surface area contributed by atoms with E-state index >= 15 is 0 Å². The van der Waals surface area contributed by atoms with Crippen molar-refractivity contribution in [1.29, 1.82) is 0 Å². The summed E-state index contributed by atoms with van der Waals surface area (Å²) in [6.07, 6.45) is 10.6. The number of carboxylic acids is 1. The van der Waals surface area contributed by atoms with Crippen LogP contribution >= 0.6 is 0 Å². The third-order valence-electron chi connectivity index (χ3n) is 14.2. The van der Waals surface area contributed by atoms with Crippen molar-refractivity contribution in [3.63, 3.8) is 0 Å². The van der Waals surface area contributed by atoms with Crippen LogP contribution in [0, 0.1) is 62.6 Å². The average Bonchev–Trinajstić information content (AvgIpc) is 3.23. The lowest BCUT2D eigenvalue weighted by molar-refractivity contribution is -0.252. The lowest BCUT2D eigenvalue weighted by Gasteiger charge is -2.72. The van der Waals surface area contributed by atoms with Gasteiger partial charge in [0.1, 0.15) is 12.7 Å². The molecule has 0 spiro atoms. The predicted octanol–water partition coefficient (Wildman–Crippen LogP) is 7.37. The Morgan fingerprint density at radius 3 is 2.18 bits per heavy atom. The molecule has 0 aliphatic heterocycles. The molecule has 5 rings (SSSR count). The van der Waals surface area contributed by atoms with Gasteiger partial charge in [0.05, 0.1) is 5.41 Å². The number of carboxylic acid groups (broad SMARTS) is 1. The molecule has 216 valence electrons. The maximum absolute atomic E-state index is 12.9. The Morgan fingerprint density at radius 2 is 1.55 bits per heavy atom. The van der Waals surface area contributed by atoms with Crippen molar-refractivity contribution in [3.05, 3.63) is 0 Å². The van der Waals surface area contributed by atoms with Gasteiger partial charge in [-0.15, -0.1) is 0 Å². The first-order valence-electron chi connectivity index (χ1n) is 15.6. The number of carbonyl (C=O) groups excluding carboxylic acids is 1. The van der Waals surface area contributed by atoms with Gasteiger partial charge in [0.15, 0.2) is 0 Å². The normalized spacial score (nSPS) is 49.4. The van der Waals surface area contributed by atoms with E-state index in [4.69, 9.17) is 9.47 Å². The number of methoxy groups -OCH3 is 1. The summed E-state index contributed by atoms with van der Waals surface area (Å²) in [4.78, 5) is 25.2. The predicted molar refractivity (Wildman–Crippen MR) is 148 cm³/mol. The zero-order valence-corrected chi connectivity index (χ0v) is 25.4. The Bertz CT molecular complexity index is 957. The van der Waals surface area contributed by atoms with Gasteiger partial charge in [-0.3, -0.25) is 4.79 Å². The van der Waals surface area contributed by atoms with Gasteiger partial charge in [-0.2, -0.15) is 0 Å². The van der Waals surface area contributed by atoms with E-state index in [2.05, 4.69) is 48.5 Å². The minimum absolute atomic E-state index is 0.0192. The number of rotatable bonds is 5. The molecule has 5 nitrogen and oxygen atoms in total. The van der Waals surface area contributed by atoms with E-state index < -0.39 is 11.4 Å². The van der Waals surface area contributed by atoms with E-state index in [1.807, 2.05) is 0 Å². The molecular weight excluding hydrogens is 476 g/mol. The van der Waals surface area contributed by atoms with Gasteiger partial charge in [0.25, 0.3) is 0 Å². The molecule has 0 aromatic heterocycles. The Morgan fingerprint density at radius 1 is 0.842 bits per heavy atom. The minimum Gasteiger partial charge on any atom is -0.481 e. The molecule has 0 unspecified atom stereocenters. The highest BCUT2D eigenvalue weighted by Crippen LogP contribution is 2.77. The van der Waals surface area contributed by atoms with E-state index in [9.17, 15) is 14.7 Å². The van der Waals surface area contributed by atoms with Crippen LogP contribution in [-0.4, -0.2) is 36.9 Å². The van der Waals surface area contributed by atoms with Crippen LogP contribution in [0.3, 0.4) is 0 Å². The number of hydrogen-bond donors (Lipinski definition) is 1. The van der Waals surface area contributed by atoms with Gasteiger partial charge in [-0.1, -0.05) is 48.5 Å². The fourth-order valence-corrected chi connectivity index (χ4v) is 12.3. The van der Waals surface area contributed by atoms with Crippen LogP contribution in [0.4, 0.5) is 0 Å². The lowest BCUT2D eigenvalue weighted by Crippen LogP contribution is -2.67. The molecule has 5 saturated carbocycles. The zero-order valence-electron chi connectivity index (χ0n) is 25.4. The molecule has 10 atom stereocenters. The number of fused-ring (bicyclic) bond motifs is 7. The molecule has 38 heavy (non-hydrogen) atoms. The molecule has 5 heteroatoms. The fourth-order valence-electron chi connectivity index (χ4n) is 12.3. The van der Waals surface area contributed by atoms with Gasteiger partial charge in [-0.25, -0.2) is 4.79 Å². The van der Waals surface area contributed by atoms with Gasteiger partial charge >= 0.3 is 11.9 Å². The lowest BCUT2D eigenvalue weighted by atomic mass is 9.32. The summed E-state index contributed by atoms with van der Waals surface area (Å²) in [6, 6.07) is 0. The SMILES string of the molecule is COCC(=O)O[C@@H]1CC[C@]2(C)[C@H]3CC[C@@H]4[C@H]5[C@H](C(C)C)CC[C@]5(C(=O)O)CC[C@@]4(C)[C@]3(C)CC[C@H]2C1(C)C. The van der Waals surface area contributed by atoms with Crippen LogP contribution in [0.15, 0.2) is 0 Å². The molecule has 0 saturated heterocycles. The Labute approximate surface area is 231 Å². The molecule has 5 aliphatic rings. The molecule has 1 N–H and O–H groups in total. The second-order valence-corrected chi connectivity index (χ2v) is 15.9. The standard InChI is InChI=1S/C33H54O5/c1-20(2)21-11-16-33(28(35)36)18-17-31(6)22(27(21)33)9-10-24-30(5)14-13-25(38-26(34)19-37-8)29(3,4)23(30)12-15-32(24,31)7/h20-25,27H,9-19H2,1-8H3,(H,35,36)/t21-,22+,23-,24+,25+,27+,30-,31+,32+,33-/m0/s1. The molecule has 5 fully saturated rings. The van der Waals surface area contributed by atoms with Crippen molar-refractivity contribution in [1.82, 2.24) is 0 Å². The zero-order chi connectivity index (χ0) is 27.9. The number of hydrogen-bond acceptors (Lipinski definition) is 4. The van der Waals surface area contributed by atoms with Crippen LogP contribution in [0.1, 0.15) is 113 Å². The van der Waals surface area contributed by atoms with Crippen LogP contribution in [0.2, 0.25) is 0 Å². The van der Waals surface area contributed by atoms with E-state index in [-0.39, 0.29) is 40.3 Å². The Balaban J connectivity index is 1.47. The molecule has 5 aliphatic carbocycles. The van der Waals surface area contributed by atoms with Crippen molar-refractivity contribution in [2.24, 2.45) is 62.6 Å². The highest BCUT2D eigenvalue weighted by molar-refractivity contribution is 5.76. The molecule has 0 radical (unpaired) electrons. The van der Waals surface area contributed by atoms with Crippen LogP contribution in [-0.2, 0) is 19.1 Å². The van der Waals surface area contributed by atoms with E-state index in [1.165, 1.54) is 25.7 Å². The summed E-state index contributed by atoms with van der Waals surface area (Å²) in [6.45, 7) is 17.1. The van der Waals surface area contributed by atoms with Gasteiger partial charge in [0.2, 0.25) is 0 Å². The van der Waals surface area contributed by atoms with Crippen molar-refractivity contribution in [2.45, 2.75) is 119 Å². The minimum atomic E-state index is -0.515. The monoisotopic (exact) mass is 530 g/mol. The first kappa shape index (κ1) is 28.4. The van der Waals surface area contributed by atoms with Gasteiger partial charge in [-0.05, 0) is 116 Å². The summed E-state index contributed by atoms with van der Waals surface area (Å²) >= 11 is 0. The highest BCUT2D eigenvalue weighted by Gasteiger charge is 2.72. The first-order valence-corrected chi connectivity index (χ1v) is 15.6. The van der Waals surface area contributed by atoms with Crippen molar-refractivity contribution < 1.29 is 24.2 Å². The highest BCUT2D eigenvalue weighted by atomic mass is 16.6. The molecular formula is C33H54O5. The van der Waals surface area contributed by atoms with E-state index in [0.29, 0.717) is 35.5 Å². The Kier molecular flexibility index (Phi) is 6.89. The smallest absolute Gasteiger partial charge is 0.332 e. The second-order valence-electron chi connectivity index (χ2n) is 15.9. The largest absolute Gasteiger partial charge is 0.481 e. The number of esters is 1. The van der Waals surface area contributed by atoms with Crippen molar-refractivity contribution in [3.8, 4) is 0 Å². The summed E-state index contributed by atoms with van der Waals surface area (Å²) < 4.78 is 11.1. The van der Waals surface area contributed by atoms with Crippen LogP contribution < -0.4 is 0 Å². The van der Waals surface area contributed by atoms with E-state index in [0.717, 1.165) is 38.5 Å². The summed E-state index contributed by atoms with van der Waals surface area (Å²) in [7, 11) is 1.55. The topological polar surface area (TPSA) is 72.8 Å². The Hall–Kier alpha value is -1.10. The molecule has 0 aromatic carbocycles. The quantitative estimate of drug-likeness (QED) is 0.376. The molecule has 0 bridgehead atoms. The number of ether oxygens (including phenoxy) is 2. The molecule has 0 heterocycles. The third kappa shape index (κ3) is 3.64. The molecule has 0 amide bonds. The second kappa shape index (κ2) is 9.21. The van der Waals surface area contributed by atoms with Crippen LogP contribution in [0.5, 0.6) is 0 Å². The van der Waals surface area contributed by atoms with Crippen LogP contribution in [0.25, 0.3) is 0 Å². The summed E-state index contributed by atoms with van der Waals surface area (Å²) in [5.41, 5.74) is 0.0237. The van der Waals surface area contributed by atoms with Gasteiger partial charge in [0, 0.05) is 12.5 Å². The maximum atomic E-state index is 12.9. The molecule has 0 aromatic rings. The van der Waals surface area contributed by atoms with Gasteiger partial charge < -0.3 is 14.6 Å². The summed E-state index contributed by atoms with van der Waals surface area (Å²) in [5, 5.41) is 10.6. The van der Waals surface area contributed by atoms with Crippen molar-refractivity contribution in [2.75, 3.05) is 13.7 Å². The average molecular weight is 531 g/mol. The number of carbonyl (C=O) groups is 2. The number of aliphatic carboxylic acids is 1. The first-order chi connectivity index (χ1) is 17.7. The van der Waals surface area contributed by atoms with E-state index in [1.54, 1.807) is 7.11 Å². The summed E-state index contributed by atoms with van der Waals surface area (Å²) in [5.74, 6) is 2.26. The maximum Gasteiger partial charge on any atom is 0.332 e. The fraction of sp³-hybridized carbons (Fsp3) is 0.939.